The van der Waals surface area contributed by atoms with Crippen molar-refractivity contribution >= 4 is 29.4 Å². The zero-order valence-corrected chi connectivity index (χ0v) is 26.5. The Kier molecular flexibility index (Phi) is 12.3. The number of amides is 2. The van der Waals surface area contributed by atoms with E-state index >= 15 is 0 Å². The van der Waals surface area contributed by atoms with Crippen molar-refractivity contribution < 1.29 is 29.0 Å². The van der Waals surface area contributed by atoms with Gasteiger partial charge < -0.3 is 20.5 Å². The molecule has 0 fully saturated rings. The van der Waals surface area contributed by atoms with Crippen LogP contribution >= 0.6 is 0 Å². The molecule has 0 saturated heterocycles. The van der Waals surface area contributed by atoms with Crippen LogP contribution in [0.15, 0.2) is 36.4 Å². The van der Waals surface area contributed by atoms with E-state index in [4.69, 9.17) is 4.74 Å². The molecule has 2 rings (SSSR count). The summed E-state index contributed by atoms with van der Waals surface area (Å²) in [6.07, 6.45) is 5.54. The Morgan fingerprint density at radius 3 is 2.12 bits per heavy atom. The van der Waals surface area contributed by atoms with Crippen molar-refractivity contribution in [3.05, 3.63) is 64.2 Å². The molecule has 0 aliphatic rings. The standard InChI is InChI=1S/C34H48N2O6/c1-9-13-14-22(10-2)21-42-32(41)24-17-25(33(5,6)11-3)20-26(18-24)35-30(38)27-16-15-23(19-28(27)31(39)40)29(37)36-34(7,8)12-4/h15-20,22H,9-14,21H2,1-8H3,(H,35,38)(H,36,37)(H,39,40). The lowest BCUT2D eigenvalue weighted by molar-refractivity contribution is 0.0427. The van der Waals surface area contributed by atoms with Crippen LogP contribution < -0.4 is 10.6 Å². The van der Waals surface area contributed by atoms with E-state index in [2.05, 4.69) is 24.5 Å². The number of rotatable bonds is 15. The van der Waals surface area contributed by atoms with Crippen molar-refractivity contribution in [3.63, 3.8) is 0 Å². The molecule has 42 heavy (non-hydrogen) atoms. The second-order valence-electron chi connectivity index (χ2n) is 12.3. The molecule has 0 radical (unpaired) electrons. The highest BCUT2D eigenvalue weighted by atomic mass is 16.5. The third kappa shape index (κ3) is 9.43. The molecule has 2 amide bonds. The number of ether oxygens (including phenoxy) is 1. The monoisotopic (exact) mass is 580 g/mol. The van der Waals surface area contributed by atoms with Gasteiger partial charge in [0.05, 0.1) is 23.3 Å². The summed E-state index contributed by atoms with van der Waals surface area (Å²) in [6, 6.07) is 9.12. The van der Waals surface area contributed by atoms with Gasteiger partial charge in [-0.1, -0.05) is 60.8 Å². The van der Waals surface area contributed by atoms with Gasteiger partial charge in [-0.05, 0) is 86.4 Å². The summed E-state index contributed by atoms with van der Waals surface area (Å²) in [5, 5.41) is 15.5. The molecular weight excluding hydrogens is 532 g/mol. The molecule has 3 N–H and O–H groups in total. The maximum absolute atomic E-state index is 13.4. The normalized spacial score (nSPS) is 12.4. The molecule has 0 bridgehead atoms. The number of esters is 1. The van der Waals surface area contributed by atoms with Crippen LogP contribution in [0.5, 0.6) is 0 Å². The van der Waals surface area contributed by atoms with Crippen molar-refractivity contribution in [2.45, 2.75) is 105 Å². The Hall–Kier alpha value is -3.68. The van der Waals surface area contributed by atoms with Gasteiger partial charge in [-0.25, -0.2) is 9.59 Å². The van der Waals surface area contributed by atoms with E-state index in [0.717, 1.165) is 37.7 Å². The minimum Gasteiger partial charge on any atom is -0.478 e. The van der Waals surface area contributed by atoms with Gasteiger partial charge in [0.15, 0.2) is 0 Å². The first-order valence-electron chi connectivity index (χ1n) is 15.0. The lowest BCUT2D eigenvalue weighted by Gasteiger charge is -2.25. The van der Waals surface area contributed by atoms with Crippen molar-refractivity contribution in [3.8, 4) is 0 Å². The molecule has 2 aromatic rings. The Balaban J connectivity index is 2.40. The summed E-state index contributed by atoms with van der Waals surface area (Å²) >= 11 is 0. The van der Waals surface area contributed by atoms with E-state index in [-0.39, 0.29) is 28.0 Å². The van der Waals surface area contributed by atoms with Crippen LogP contribution in [0.3, 0.4) is 0 Å². The first kappa shape index (κ1) is 34.5. The average molecular weight is 581 g/mol. The van der Waals surface area contributed by atoms with Gasteiger partial charge in [-0.3, -0.25) is 9.59 Å². The smallest absolute Gasteiger partial charge is 0.338 e. The molecule has 230 valence electrons. The van der Waals surface area contributed by atoms with Crippen molar-refractivity contribution in [1.29, 1.82) is 0 Å². The largest absolute Gasteiger partial charge is 0.478 e. The molecule has 2 aromatic carbocycles. The number of hydrogen-bond acceptors (Lipinski definition) is 5. The van der Waals surface area contributed by atoms with Gasteiger partial charge >= 0.3 is 11.9 Å². The molecule has 0 saturated carbocycles. The van der Waals surface area contributed by atoms with E-state index in [1.54, 1.807) is 18.2 Å². The van der Waals surface area contributed by atoms with Gasteiger partial charge in [0.25, 0.3) is 11.8 Å². The van der Waals surface area contributed by atoms with E-state index in [1.807, 2.05) is 41.5 Å². The maximum Gasteiger partial charge on any atom is 0.338 e. The Morgan fingerprint density at radius 1 is 0.857 bits per heavy atom. The first-order chi connectivity index (χ1) is 19.7. The van der Waals surface area contributed by atoms with Crippen LogP contribution in [-0.2, 0) is 10.2 Å². The number of carboxylic acids is 1. The number of hydrogen-bond donors (Lipinski definition) is 3. The van der Waals surface area contributed by atoms with E-state index in [9.17, 15) is 24.3 Å². The predicted molar refractivity (Wildman–Crippen MR) is 167 cm³/mol. The number of benzene rings is 2. The number of unbranched alkanes of at least 4 members (excludes halogenated alkanes) is 1. The number of anilines is 1. The van der Waals surface area contributed by atoms with Gasteiger partial charge in [-0.15, -0.1) is 0 Å². The molecule has 0 aromatic heterocycles. The molecule has 0 aliphatic heterocycles. The minimum atomic E-state index is -1.33. The molecule has 0 spiro atoms. The summed E-state index contributed by atoms with van der Waals surface area (Å²) in [6.45, 7) is 16.4. The number of carbonyl (C=O) groups is 4. The van der Waals surface area contributed by atoms with Crippen LogP contribution in [0.25, 0.3) is 0 Å². The van der Waals surface area contributed by atoms with Crippen LogP contribution in [0.1, 0.15) is 141 Å². The van der Waals surface area contributed by atoms with Gasteiger partial charge in [0.1, 0.15) is 0 Å². The number of aromatic carboxylic acids is 1. The highest BCUT2D eigenvalue weighted by Gasteiger charge is 2.25. The van der Waals surface area contributed by atoms with Crippen LogP contribution in [0, 0.1) is 5.92 Å². The first-order valence-corrected chi connectivity index (χ1v) is 15.0. The van der Waals surface area contributed by atoms with Crippen LogP contribution in [0.2, 0.25) is 0 Å². The topological polar surface area (TPSA) is 122 Å². The van der Waals surface area contributed by atoms with Gasteiger partial charge in [-0.2, -0.15) is 0 Å². The zero-order chi connectivity index (χ0) is 31.7. The fourth-order valence-electron chi connectivity index (χ4n) is 4.31. The summed E-state index contributed by atoms with van der Waals surface area (Å²) < 4.78 is 5.69. The predicted octanol–water partition coefficient (Wildman–Crippen LogP) is 7.62. The van der Waals surface area contributed by atoms with Gasteiger partial charge in [0.2, 0.25) is 0 Å². The maximum atomic E-state index is 13.4. The lowest BCUT2D eigenvalue weighted by atomic mass is 9.81. The molecule has 8 heteroatoms. The van der Waals surface area contributed by atoms with E-state index in [1.165, 1.54) is 18.2 Å². The molecule has 0 heterocycles. The average Bonchev–Trinajstić information content (AvgIpc) is 2.96. The molecular formula is C34H48N2O6. The second-order valence-corrected chi connectivity index (χ2v) is 12.3. The number of carboxylic acid groups (broad SMARTS) is 1. The zero-order valence-electron chi connectivity index (χ0n) is 26.5. The Bertz CT molecular complexity index is 1280. The Morgan fingerprint density at radius 2 is 1.55 bits per heavy atom. The van der Waals surface area contributed by atoms with Gasteiger partial charge in [0, 0.05) is 16.8 Å². The highest BCUT2D eigenvalue weighted by molar-refractivity contribution is 6.12. The molecule has 1 atom stereocenters. The van der Waals surface area contributed by atoms with E-state index in [0.29, 0.717) is 24.3 Å². The minimum absolute atomic E-state index is 0.0974. The molecule has 8 nitrogen and oxygen atoms in total. The fourth-order valence-corrected chi connectivity index (χ4v) is 4.31. The summed E-state index contributed by atoms with van der Waals surface area (Å²) in [5.74, 6) is -2.59. The molecule has 1 unspecified atom stereocenters. The highest BCUT2D eigenvalue weighted by Crippen LogP contribution is 2.31. The SMILES string of the molecule is CCCCC(CC)COC(=O)c1cc(NC(=O)c2ccc(C(=O)NC(C)(C)CC)cc2C(=O)O)cc(C(C)(C)CC)c1. The van der Waals surface area contributed by atoms with Crippen molar-refractivity contribution in [1.82, 2.24) is 5.32 Å². The quantitative estimate of drug-likeness (QED) is 0.186. The molecule has 0 aliphatic carbocycles. The van der Waals surface area contributed by atoms with Crippen molar-refractivity contribution in [2.24, 2.45) is 5.92 Å². The lowest BCUT2D eigenvalue weighted by Crippen LogP contribution is -2.42. The fraction of sp³-hybridized carbons (Fsp3) is 0.529. The third-order valence-corrected chi connectivity index (χ3v) is 8.18. The van der Waals surface area contributed by atoms with Crippen molar-refractivity contribution in [2.75, 3.05) is 11.9 Å². The van der Waals surface area contributed by atoms with Crippen LogP contribution in [0.4, 0.5) is 5.69 Å². The summed E-state index contributed by atoms with van der Waals surface area (Å²) in [7, 11) is 0. The second kappa shape index (κ2) is 15.0. The van der Waals surface area contributed by atoms with E-state index < -0.39 is 29.3 Å². The van der Waals surface area contributed by atoms with Crippen LogP contribution in [-0.4, -0.2) is 41.0 Å². The summed E-state index contributed by atoms with van der Waals surface area (Å²) in [5.41, 5.74) is 0.501. The third-order valence-electron chi connectivity index (χ3n) is 8.18. The number of nitrogens with one attached hydrogen (secondary N) is 2. The Labute approximate surface area is 250 Å². The number of carbonyl (C=O) groups excluding carboxylic acids is 3. The summed E-state index contributed by atoms with van der Waals surface area (Å²) in [4.78, 5) is 51.4.